The van der Waals surface area contributed by atoms with Crippen molar-refractivity contribution in [2.45, 2.75) is 31.3 Å². The average Bonchev–Trinajstić information content (AvgIpc) is 3.01. The number of benzene rings is 1. The molecule has 23 heavy (non-hydrogen) atoms. The number of aromatic nitrogens is 2. The first-order valence-electron chi connectivity index (χ1n) is 8.61. The lowest BCUT2D eigenvalue weighted by Gasteiger charge is -2.39. The molecule has 1 aromatic heterocycles. The van der Waals surface area contributed by atoms with E-state index in [1.54, 1.807) is 6.33 Å². The summed E-state index contributed by atoms with van der Waals surface area (Å²) in [6.45, 7) is 4.90. The SMILES string of the molecule is OC1(CN2CCN(c3ccc4ncncc4c3)CC2)CCCC1. The van der Waals surface area contributed by atoms with Crippen LogP contribution in [0.5, 0.6) is 0 Å². The molecule has 0 amide bonds. The first-order chi connectivity index (χ1) is 11.2. The number of hydrogen-bond donors (Lipinski definition) is 1. The van der Waals surface area contributed by atoms with Gasteiger partial charge in [0.15, 0.2) is 0 Å². The molecule has 1 aromatic carbocycles. The van der Waals surface area contributed by atoms with E-state index in [1.807, 2.05) is 6.20 Å². The molecular weight excluding hydrogens is 288 g/mol. The van der Waals surface area contributed by atoms with E-state index in [1.165, 1.54) is 18.5 Å². The summed E-state index contributed by atoms with van der Waals surface area (Å²) in [4.78, 5) is 13.2. The molecule has 1 saturated carbocycles. The molecule has 2 aromatic rings. The van der Waals surface area contributed by atoms with Crippen molar-refractivity contribution in [1.29, 1.82) is 0 Å². The molecule has 5 heteroatoms. The van der Waals surface area contributed by atoms with E-state index in [0.717, 1.165) is 56.5 Å². The van der Waals surface area contributed by atoms with Crippen molar-refractivity contribution in [2.24, 2.45) is 0 Å². The highest BCUT2D eigenvalue weighted by Crippen LogP contribution is 2.30. The normalized spacial score (nSPS) is 21.9. The minimum atomic E-state index is -0.428. The van der Waals surface area contributed by atoms with Gasteiger partial charge in [0, 0.05) is 50.0 Å². The molecule has 2 aliphatic rings. The summed E-state index contributed by atoms with van der Waals surface area (Å²) in [5.41, 5.74) is 1.81. The number of β-amino-alcohol motifs (C(OH)–C–C–N with tert-alkyl or cyclic N) is 1. The van der Waals surface area contributed by atoms with Crippen molar-refractivity contribution in [1.82, 2.24) is 14.9 Å². The zero-order valence-electron chi connectivity index (χ0n) is 13.5. The number of piperazine rings is 1. The summed E-state index contributed by atoms with van der Waals surface area (Å²) in [6.07, 6.45) is 7.76. The molecule has 0 spiro atoms. The third kappa shape index (κ3) is 3.16. The lowest BCUT2D eigenvalue weighted by atomic mass is 10.0. The van der Waals surface area contributed by atoms with Crippen LogP contribution in [0.25, 0.3) is 10.9 Å². The van der Waals surface area contributed by atoms with Gasteiger partial charge in [-0.2, -0.15) is 0 Å². The van der Waals surface area contributed by atoms with Crippen LogP contribution >= 0.6 is 0 Å². The Kier molecular flexibility index (Phi) is 3.91. The molecule has 0 radical (unpaired) electrons. The lowest BCUT2D eigenvalue weighted by molar-refractivity contribution is 0.00803. The molecule has 4 rings (SSSR count). The van der Waals surface area contributed by atoms with Crippen molar-refractivity contribution in [3.8, 4) is 0 Å². The van der Waals surface area contributed by atoms with Crippen molar-refractivity contribution in [3.05, 3.63) is 30.7 Å². The minimum absolute atomic E-state index is 0.428. The second-order valence-electron chi connectivity index (χ2n) is 6.96. The molecule has 1 aliphatic heterocycles. The van der Waals surface area contributed by atoms with E-state index in [9.17, 15) is 5.11 Å². The van der Waals surface area contributed by atoms with Crippen molar-refractivity contribution in [2.75, 3.05) is 37.6 Å². The Morgan fingerprint density at radius 2 is 1.87 bits per heavy atom. The quantitative estimate of drug-likeness (QED) is 0.940. The van der Waals surface area contributed by atoms with Crippen LogP contribution in [-0.2, 0) is 0 Å². The molecular formula is C18H24N4O. The fourth-order valence-electron chi connectivity index (χ4n) is 3.94. The van der Waals surface area contributed by atoms with Gasteiger partial charge in [-0.1, -0.05) is 12.8 Å². The van der Waals surface area contributed by atoms with E-state index < -0.39 is 5.60 Å². The van der Waals surface area contributed by atoms with Gasteiger partial charge >= 0.3 is 0 Å². The zero-order chi connectivity index (χ0) is 15.7. The zero-order valence-corrected chi connectivity index (χ0v) is 13.5. The largest absolute Gasteiger partial charge is 0.389 e. The van der Waals surface area contributed by atoms with Crippen LogP contribution in [-0.4, -0.2) is 58.3 Å². The van der Waals surface area contributed by atoms with E-state index in [-0.39, 0.29) is 0 Å². The first kappa shape index (κ1) is 14.8. The van der Waals surface area contributed by atoms with E-state index in [2.05, 4.69) is 38.0 Å². The molecule has 2 heterocycles. The van der Waals surface area contributed by atoms with Gasteiger partial charge in [-0.15, -0.1) is 0 Å². The Bertz CT molecular complexity index is 676. The Morgan fingerprint density at radius 3 is 2.65 bits per heavy atom. The molecule has 0 atom stereocenters. The van der Waals surface area contributed by atoms with Crippen molar-refractivity contribution >= 4 is 16.6 Å². The molecule has 0 unspecified atom stereocenters. The standard InChI is InChI=1S/C18H24N4O/c23-18(5-1-2-6-18)13-21-7-9-22(10-8-21)16-3-4-17-15(11-16)12-19-14-20-17/h3-4,11-12,14,23H,1-2,5-10,13H2. The van der Waals surface area contributed by atoms with E-state index in [0.29, 0.717) is 0 Å². The number of anilines is 1. The van der Waals surface area contributed by atoms with Crippen LogP contribution in [0, 0.1) is 0 Å². The Hall–Kier alpha value is -1.72. The van der Waals surface area contributed by atoms with Crippen molar-refractivity contribution in [3.63, 3.8) is 0 Å². The van der Waals surface area contributed by atoms with Crippen LogP contribution in [0.3, 0.4) is 0 Å². The summed E-state index contributed by atoms with van der Waals surface area (Å²) < 4.78 is 0. The fourth-order valence-corrected chi connectivity index (χ4v) is 3.94. The van der Waals surface area contributed by atoms with Gasteiger partial charge in [-0.25, -0.2) is 9.97 Å². The Morgan fingerprint density at radius 1 is 1.09 bits per heavy atom. The molecule has 122 valence electrons. The van der Waals surface area contributed by atoms with E-state index >= 15 is 0 Å². The minimum Gasteiger partial charge on any atom is -0.389 e. The molecule has 5 nitrogen and oxygen atoms in total. The predicted molar refractivity (Wildman–Crippen MR) is 91.6 cm³/mol. The Balaban J connectivity index is 1.40. The smallest absolute Gasteiger partial charge is 0.116 e. The summed E-state index contributed by atoms with van der Waals surface area (Å²) in [5, 5.41) is 11.7. The maximum absolute atomic E-state index is 10.6. The average molecular weight is 312 g/mol. The predicted octanol–water partition coefficient (Wildman–Crippen LogP) is 2.06. The van der Waals surface area contributed by atoms with Gasteiger partial charge in [0.05, 0.1) is 11.1 Å². The van der Waals surface area contributed by atoms with Gasteiger partial charge in [-0.3, -0.25) is 4.90 Å². The maximum Gasteiger partial charge on any atom is 0.116 e. The number of rotatable bonds is 3. The topological polar surface area (TPSA) is 52.5 Å². The van der Waals surface area contributed by atoms with Crippen LogP contribution < -0.4 is 4.90 Å². The summed E-state index contributed by atoms with van der Waals surface area (Å²) in [6, 6.07) is 6.39. The van der Waals surface area contributed by atoms with Crippen LogP contribution in [0.2, 0.25) is 0 Å². The molecule has 1 saturated heterocycles. The van der Waals surface area contributed by atoms with Gasteiger partial charge in [0.1, 0.15) is 6.33 Å². The highest BCUT2D eigenvalue weighted by atomic mass is 16.3. The van der Waals surface area contributed by atoms with Gasteiger partial charge < -0.3 is 10.0 Å². The van der Waals surface area contributed by atoms with Crippen LogP contribution in [0.15, 0.2) is 30.7 Å². The molecule has 1 aliphatic carbocycles. The van der Waals surface area contributed by atoms with Gasteiger partial charge in [-0.05, 0) is 31.0 Å². The number of fused-ring (bicyclic) bond motifs is 1. The number of nitrogens with zero attached hydrogens (tertiary/aromatic N) is 4. The third-order valence-electron chi connectivity index (χ3n) is 5.28. The second kappa shape index (κ2) is 6.06. The fraction of sp³-hybridized carbons (Fsp3) is 0.556. The highest BCUT2D eigenvalue weighted by molar-refractivity contribution is 5.81. The Labute approximate surface area is 137 Å². The maximum atomic E-state index is 10.6. The van der Waals surface area contributed by atoms with Gasteiger partial charge in [0.2, 0.25) is 0 Å². The van der Waals surface area contributed by atoms with Crippen LogP contribution in [0.1, 0.15) is 25.7 Å². The highest BCUT2D eigenvalue weighted by Gasteiger charge is 2.33. The van der Waals surface area contributed by atoms with Crippen LogP contribution in [0.4, 0.5) is 5.69 Å². The third-order valence-corrected chi connectivity index (χ3v) is 5.28. The number of aliphatic hydroxyl groups is 1. The molecule has 0 bridgehead atoms. The summed E-state index contributed by atoms with van der Waals surface area (Å²) >= 11 is 0. The van der Waals surface area contributed by atoms with E-state index in [4.69, 9.17) is 0 Å². The lowest BCUT2D eigenvalue weighted by Crippen LogP contribution is -2.51. The van der Waals surface area contributed by atoms with Crippen molar-refractivity contribution < 1.29 is 5.11 Å². The number of hydrogen-bond acceptors (Lipinski definition) is 5. The summed E-state index contributed by atoms with van der Waals surface area (Å²) in [7, 11) is 0. The monoisotopic (exact) mass is 312 g/mol. The molecule has 1 N–H and O–H groups in total. The summed E-state index contributed by atoms with van der Waals surface area (Å²) in [5.74, 6) is 0. The molecule has 2 fully saturated rings. The van der Waals surface area contributed by atoms with Gasteiger partial charge in [0.25, 0.3) is 0 Å². The second-order valence-corrected chi connectivity index (χ2v) is 6.96. The first-order valence-corrected chi connectivity index (χ1v) is 8.61.